The molecule has 76 valence electrons. The van der Waals surface area contributed by atoms with E-state index >= 15 is 0 Å². The molecule has 1 rings (SSSR count). The normalized spacial score (nSPS) is 30.5. The Morgan fingerprint density at radius 1 is 1.77 bits per heavy atom. The number of aliphatic imine (C=N–C) groups is 1. The summed E-state index contributed by atoms with van der Waals surface area (Å²) < 4.78 is 5.35. The van der Waals surface area contributed by atoms with E-state index in [9.17, 15) is 0 Å². The first-order valence-corrected chi connectivity index (χ1v) is 4.66. The van der Waals surface area contributed by atoms with Crippen molar-refractivity contribution >= 4 is 5.96 Å². The molecule has 13 heavy (non-hydrogen) atoms. The van der Waals surface area contributed by atoms with Crippen LogP contribution in [-0.4, -0.2) is 42.7 Å². The predicted molar refractivity (Wildman–Crippen MR) is 53.7 cm³/mol. The highest BCUT2D eigenvalue weighted by atomic mass is 16.5. The molecule has 1 aliphatic rings. The third kappa shape index (κ3) is 1.50. The lowest BCUT2D eigenvalue weighted by molar-refractivity contribution is 0.00863. The van der Waals surface area contributed by atoms with Gasteiger partial charge in [-0.2, -0.15) is 0 Å². The van der Waals surface area contributed by atoms with Crippen molar-refractivity contribution in [2.75, 3.05) is 20.2 Å². The molecule has 2 atom stereocenters. The zero-order valence-corrected chi connectivity index (χ0v) is 8.87. The van der Waals surface area contributed by atoms with E-state index in [-0.39, 0.29) is 11.6 Å². The molecule has 0 aromatic rings. The first-order valence-electron chi connectivity index (χ1n) is 4.66. The second kappa shape index (κ2) is 3.54. The molecular weight excluding hydrogens is 166 g/mol. The molecule has 2 unspecified atom stereocenters. The third-order valence-corrected chi connectivity index (χ3v) is 3.00. The van der Waals surface area contributed by atoms with Crippen molar-refractivity contribution in [2.24, 2.45) is 10.7 Å². The molecule has 1 heterocycles. The van der Waals surface area contributed by atoms with Crippen molar-refractivity contribution in [3.63, 3.8) is 0 Å². The Balaban J connectivity index is 2.81. The van der Waals surface area contributed by atoms with Gasteiger partial charge in [0.2, 0.25) is 0 Å². The van der Waals surface area contributed by atoms with Gasteiger partial charge in [-0.25, -0.2) is 0 Å². The van der Waals surface area contributed by atoms with Crippen LogP contribution < -0.4 is 5.73 Å². The number of hydrogen-bond donors (Lipinski definition) is 1. The molecule has 0 saturated carbocycles. The topological polar surface area (TPSA) is 50.8 Å². The van der Waals surface area contributed by atoms with E-state index in [1.54, 1.807) is 7.11 Å². The molecule has 0 radical (unpaired) electrons. The Hall–Kier alpha value is -0.770. The SMILES string of the molecule is CCN1C(N)=NCC1(C)C(C)OC. The number of methoxy groups -OCH3 is 1. The van der Waals surface area contributed by atoms with Crippen molar-refractivity contribution in [3.8, 4) is 0 Å². The monoisotopic (exact) mass is 185 g/mol. The van der Waals surface area contributed by atoms with E-state index in [0.717, 1.165) is 13.1 Å². The van der Waals surface area contributed by atoms with Crippen molar-refractivity contribution in [3.05, 3.63) is 0 Å². The lowest BCUT2D eigenvalue weighted by atomic mass is 9.95. The van der Waals surface area contributed by atoms with Gasteiger partial charge in [-0.3, -0.25) is 4.99 Å². The highest BCUT2D eigenvalue weighted by Gasteiger charge is 2.41. The van der Waals surface area contributed by atoms with Crippen molar-refractivity contribution < 1.29 is 4.74 Å². The Morgan fingerprint density at radius 2 is 2.38 bits per heavy atom. The van der Waals surface area contributed by atoms with E-state index < -0.39 is 0 Å². The van der Waals surface area contributed by atoms with Crippen LogP contribution >= 0.6 is 0 Å². The summed E-state index contributed by atoms with van der Waals surface area (Å²) in [5, 5.41) is 0. The van der Waals surface area contributed by atoms with E-state index in [2.05, 4.69) is 30.7 Å². The van der Waals surface area contributed by atoms with Gasteiger partial charge >= 0.3 is 0 Å². The Kier molecular flexibility index (Phi) is 2.81. The minimum atomic E-state index is -0.0758. The first kappa shape index (κ1) is 10.3. The van der Waals surface area contributed by atoms with Gasteiger partial charge in [0.15, 0.2) is 5.96 Å². The highest BCUT2D eigenvalue weighted by Crippen LogP contribution is 2.26. The molecule has 0 bridgehead atoms. The molecule has 1 aliphatic heterocycles. The van der Waals surface area contributed by atoms with Crippen LogP contribution in [-0.2, 0) is 4.74 Å². The maximum Gasteiger partial charge on any atom is 0.191 e. The van der Waals surface area contributed by atoms with Crippen molar-refractivity contribution in [1.82, 2.24) is 4.90 Å². The van der Waals surface area contributed by atoms with Crippen LogP contribution in [0.3, 0.4) is 0 Å². The summed E-state index contributed by atoms with van der Waals surface area (Å²) in [5.74, 6) is 0.633. The quantitative estimate of drug-likeness (QED) is 0.693. The molecule has 0 saturated heterocycles. The summed E-state index contributed by atoms with van der Waals surface area (Å²) in [6.45, 7) is 7.86. The Labute approximate surface area is 79.8 Å². The summed E-state index contributed by atoms with van der Waals surface area (Å²) in [7, 11) is 1.72. The number of ether oxygens (including phenoxy) is 1. The summed E-state index contributed by atoms with van der Waals surface area (Å²) in [6, 6.07) is 0. The average Bonchev–Trinajstić information content (AvgIpc) is 2.42. The van der Waals surface area contributed by atoms with Gasteiger partial charge in [0.1, 0.15) is 0 Å². The van der Waals surface area contributed by atoms with Crippen LogP contribution in [0, 0.1) is 0 Å². The van der Waals surface area contributed by atoms with Crippen LogP contribution in [0.25, 0.3) is 0 Å². The maximum absolute atomic E-state index is 5.78. The molecule has 0 aromatic heterocycles. The third-order valence-electron chi connectivity index (χ3n) is 3.00. The summed E-state index contributed by atoms with van der Waals surface area (Å²) in [6.07, 6.45) is 0.136. The van der Waals surface area contributed by atoms with Gasteiger partial charge in [-0.15, -0.1) is 0 Å². The van der Waals surface area contributed by atoms with Crippen molar-refractivity contribution in [2.45, 2.75) is 32.4 Å². The zero-order valence-electron chi connectivity index (χ0n) is 8.87. The molecule has 0 spiro atoms. The van der Waals surface area contributed by atoms with Crippen molar-refractivity contribution in [1.29, 1.82) is 0 Å². The fourth-order valence-corrected chi connectivity index (χ4v) is 1.80. The van der Waals surface area contributed by atoms with Crippen LogP contribution in [0.5, 0.6) is 0 Å². The number of guanidine groups is 1. The lowest BCUT2D eigenvalue weighted by Gasteiger charge is -2.39. The van der Waals surface area contributed by atoms with E-state index in [4.69, 9.17) is 10.5 Å². The summed E-state index contributed by atoms with van der Waals surface area (Å²) in [4.78, 5) is 6.35. The number of likely N-dealkylation sites (N-methyl/N-ethyl adjacent to an activating group) is 1. The molecule has 0 fully saturated rings. The number of hydrogen-bond acceptors (Lipinski definition) is 4. The lowest BCUT2D eigenvalue weighted by Crippen LogP contribution is -2.56. The Morgan fingerprint density at radius 3 is 2.85 bits per heavy atom. The highest BCUT2D eigenvalue weighted by molar-refractivity contribution is 5.81. The van der Waals surface area contributed by atoms with Gasteiger partial charge < -0.3 is 15.4 Å². The minimum absolute atomic E-state index is 0.0758. The molecule has 2 N–H and O–H groups in total. The number of nitrogens with two attached hydrogens (primary N) is 1. The standard InChI is InChI=1S/C9H19N3O/c1-5-12-8(10)11-6-9(12,3)7(2)13-4/h7H,5-6H2,1-4H3,(H2,10,11). The first-order chi connectivity index (χ1) is 6.06. The fraction of sp³-hybridized carbons (Fsp3) is 0.889. The van der Waals surface area contributed by atoms with E-state index in [1.807, 2.05) is 0 Å². The van der Waals surface area contributed by atoms with Gasteiger partial charge in [0.25, 0.3) is 0 Å². The van der Waals surface area contributed by atoms with Crippen LogP contribution in [0.15, 0.2) is 4.99 Å². The fourth-order valence-electron chi connectivity index (χ4n) is 1.80. The van der Waals surface area contributed by atoms with E-state index in [1.165, 1.54) is 0 Å². The van der Waals surface area contributed by atoms with Gasteiger partial charge in [-0.1, -0.05) is 0 Å². The maximum atomic E-state index is 5.78. The zero-order chi connectivity index (χ0) is 10.1. The molecular formula is C9H19N3O. The molecule has 0 amide bonds. The summed E-state index contributed by atoms with van der Waals surface area (Å²) in [5.41, 5.74) is 5.70. The van der Waals surface area contributed by atoms with Crippen LogP contribution in [0.1, 0.15) is 20.8 Å². The smallest absolute Gasteiger partial charge is 0.191 e. The average molecular weight is 185 g/mol. The van der Waals surface area contributed by atoms with Gasteiger partial charge in [0.05, 0.1) is 18.2 Å². The predicted octanol–water partition coefficient (Wildman–Crippen LogP) is 0.430. The molecule has 0 aromatic carbocycles. The van der Waals surface area contributed by atoms with Gasteiger partial charge in [0, 0.05) is 13.7 Å². The van der Waals surface area contributed by atoms with Crippen LogP contribution in [0.2, 0.25) is 0 Å². The molecule has 0 aliphatic carbocycles. The second-order valence-electron chi connectivity index (χ2n) is 3.65. The molecule has 4 nitrogen and oxygen atoms in total. The van der Waals surface area contributed by atoms with Gasteiger partial charge in [-0.05, 0) is 20.8 Å². The number of nitrogens with zero attached hydrogens (tertiary/aromatic N) is 2. The number of rotatable bonds is 3. The molecule has 4 heteroatoms. The summed E-state index contributed by atoms with van der Waals surface area (Å²) >= 11 is 0. The minimum Gasteiger partial charge on any atom is -0.379 e. The second-order valence-corrected chi connectivity index (χ2v) is 3.65. The van der Waals surface area contributed by atoms with E-state index in [0.29, 0.717) is 5.96 Å². The Bertz CT molecular complexity index is 217. The van der Waals surface area contributed by atoms with Crippen LogP contribution in [0.4, 0.5) is 0 Å². The largest absolute Gasteiger partial charge is 0.379 e.